The number of aromatic nitrogens is 3. The minimum absolute atomic E-state index is 0.0224. The highest BCUT2D eigenvalue weighted by Crippen LogP contribution is 2.22. The smallest absolute Gasteiger partial charge is 0.262 e. The summed E-state index contributed by atoms with van der Waals surface area (Å²) in [7, 11) is 0. The fourth-order valence-electron chi connectivity index (χ4n) is 2.32. The molecule has 0 bridgehead atoms. The summed E-state index contributed by atoms with van der Waals surface area (Å²) in [6.07, 6.45) is 2.63. The van der Waals surface area contributed by atoms with E-state index in [2.05, 4.69) is 16.9 Å². The average Bonchev–Trinajstić information content (AvgIpc) is 2.57. The SMILES string of the molecule is CCCn1c(SCc2ccc(Cl)nc2)nc2ccccc2c1=O. The van der Waals surface area contributed by atoms with E-state index in [0.717, 1.165) is 22.7 Å². The molecule has 2 aromatic heterocycles. The normalized spacial score (nSPS) is 11.0. The van der Waals surface area contributed by atoms with Gasteiger partial charge in [-0.25, -0.2) is 9.97 Å². The Kier molecular flexibility index (Phi) is 4.98. The average molecular weight is 346 g/mol. The molecule has 0 N–H and O–H groups in total. The highest BCUT2D eigenvalue weighted by atomic mass is 35.5. The molecule has 6 heteroatoms. The first kappa shape index (κ1) is 16.0. The summed E-state index contributed by atoms with van der Waals surface area (Å²) in [6.45, 7) is 2.72. The molecule has 0 aliphatic rings. The van der Waals surface area contributed by atoms with Crippen molar-refractivity contribution in [3.63, 3.8) is 0 Å². The van der Waals surface area contributed by atoms with E-state index in [-0.39, 0.29) is 5.56 Å². The van der Waals surface area contributed by atoms with Crippen LogP contribution in [0.4, 0.5) is 0 Å². The van der Waals surface area contributed by atoms with Crippen LogP contribution >= 0.6 is 23.4 Å². The van der Waals surface area contributed by atoms with Gasteiger partial charge in [0, 0.05) is 18.5 Å². The third-order valence-corrected chi connectivity index (χ3v) is 4.70. The van der Waals surface area contributed by atoms with Crippen molar-refractivity contribution < 1.29 is 0 Å². The van der Waals surface area contributed by atoms with E-state index in [1.54, 1.807) is 28.6 Å². The first-order valence-electron chi connectivity index (χ1n) is 7.42. The largest absolute Gasteiger partial charge is 0.287 e. The lowest BCUT2D eigenvalue weighted by molar-refractivity contribution is 0.584. The fourth-order valence-corrected chi connectivity index (χ4v) is 3.39. The van der Waals surface area contributed by atoms with Crippen LogP contribution in [0, 0.1) is 0 Å². The monoisotopic (exact) mass is 345 g/mol. The first-order valence-corrected chi connectivity index (χ1v) is 8.78. The van der Waals surface area contributed by atoms with Gasteiger partial charge >= 0.3 is 0 Å². The van der Waals surface area contributed by atoms with Gasteiger partial charge in [0.2, 0.25) is 0 Å². The Morgan fingerprint density at radius 2 is 2.04 bits per heavy atom. The van der Waals surface area contributed by atoms with E-state index in [1.807, 2.05) is 30.3 Å². The number of pyridine rings is 1. The predicted molar refractivity (Wildman–Crippen MR) is 95.1 cm³/mol. The van der Waals surface area contributed by atoms with Gasteiger partial charge in [0.05, 0.1) is 10.9 Å². The van der Waals surface area contributed by atoms with Gasteiger partial charge in [-0.3, -0.25) is 9.36 Å². The lowest BCUT2D eigenvalue weighted by atomic mass is 10.2. The van der Waals surface area contributed by atoms with Gasteiger partial charge in [0.1, 0.15) is 5.15 Å². The summed E-state index contributed by atoms with van der Waals surface area (Å²) < 4.78 is 1.76. The minimum atomic E-state index is 0.0224. The summed E-state index contributed by atoms with van der Waals surface area (Å²) in [5.41, 5.74) is 1.81. The molecular weight excluding hydrogens is 330 g/mol. The van der Waals surface area contributed by atoms with Crippen LogP contribution in [0.15, 0.2) is 52.5 Å². The van der Waals surface area contributed by atoms with Crippen LogP contribution < -0.4 is 5.56 Å². The van der Waals surface area contributed by atoms with Crippen molar-refractivity contribution in [1.82, 2.24) is 14.5 Å². The van der Waals surface area contributed by atoms with Crippen LogP contribution in [0.3, 0.4) is 0 Å². The fraction of sp³-hybridized carbons (Fsp3) is 0.235. The quantitative estimate of drug-likeness (QED) is 0.396. The maximum absolute atomic E-state index is 12.7. The van der Waals surface area contributed by atoms with Crippen LogP contribution in [0.2, 0.25) is 5.15 Å². The summed E-state index contributed by atoms with van der Waals surface area (Å²) in [6, 6.07) is 11.2. The number of thioether (sulfide) groups is 1. The van der Waals surface area contributed by atoms with E-state index < -0.39 is 0 Å². The van der Waals surface area contributed by atoms with Crippen LogP contribution in [-0.4, -0.2) is 14.5 Å². The first-order chi connectivity index (χ1) is 11.2. The summed E-state index contributed by atoms with van der Waals surface area (Å²) >= 11 is 7.35. The van der Waals surface area contributed by atoms with Crippen molar-refractivity contribution in [3.8, 4) is 0 Å². The Labute approximate surface area is 143 Å². The van der Waals surface area contributed by atoms with E-state index >= 15 is 0 Å². The van der Waals surface area contributed by atoms with E-state index in [9.17, 15) is 4.79 Å². The molecule has 0 radical (unpaired) electrons. The highest BCUT2D eigenvalue weighted by molar-refractivity contribution is 7.98. The van der Waals surface area contributed by atoms with E-state index in [4.69, 9.17) is 11.6 Å². The van der Waals surface area contributed by atoms with Crippen LogP contribution in [-0.2, 0) is 12.3 Å². The molecule has 0 aliphatic heterocycles. The summed E-state index contributed by atoms with van der Waals surface area (Å²) in [5.74, 6) is 0.693. The summed E-state index contributed by atoms with van der Waals surface area (Å²) in [4.78, 5) is 21.4. The zero-order valence-electron chi connectivity index (χ0n) is 12.7. The summed E-state index contributed by atoms with van der Waals surface area (Å²) in [5, 5.41) is 1.88. The number of rotatable bonds is 5. The van der Waals surface area contributed by atoms with Gasteiger partial charge in [-0.05, 0) is 30.2 Å². The lowest BCUT2D eigenvalue weighted by Gasteiger charge is -2.12. The molecule has 0 fully saturated rings. The molecule has 0 unspecified atom stereocenters. The Hall–Kier alpha value is -1.85. The van der Waals surface area contributed by atoms with Crippen LogP contribution in [0.5, 0.6) is 0 Å². The molecule has 0 saturated heterocycles. The molecule has 118 valence electrons. The molecule has 0 aliphatic carbocycles. The predicted octanol–water partition coefficient (Wildman–Crippen LogP) is 4.15. The van der Waals surface area contributed by atoms with Gasteiger partial charge in [-0.1, -0.05) is 48.5 Å². The van der Waals surface area contributed by atoms with Gasteiger partial charge in [-0.2, -0.15) is 0 Å². The molecular formula is C17H16ClN3OS. The van der Waals surface area contributed by atoms with Crippen molar-refractivity contribution in [1.29, 1.82) is 0 Å². The van der Waals surface area contributed by atoms with Gasteiger partial charge < -0.3 is 0 Å². The van der Waals surface area contributed by atoms with Gasteiger partial charge in [0.25, 0.3) is 5.56 Å². The second kappa shape index (κ2) is 7.15. The minimum Gasteiger partial charge on any atom is -0.287 e. The Morgan fingerprint density at radius 1 is 1.22 bits per heavy atom. The van der Waals surface area contributed by atoms with Crippen molar-refractivity contribution in [2.45, 2.75) is 30.8 Å². The van der Waals surface area contributed by atoms with Crippen molar-refractivity contribution >= 4 is 34.3 Å². The molecule has 1 aromatic carbocycles. The standard InChI is InChI=1S/C17H16ClN3OS/c1-2-9-21-16(22)13-5-3-4-6-14(13)20-17(21)23-11-12-7-8-15(18)19-10-12/h3-8,10H,2,9,11H2,1H3. The zero-order chi connectivity index (χ0) is 16.2. The number of para-hydroxylation sites is 1. The molecule has 4 nitrogen and oxygen atoms in total. The second-order valence-electron chi connectivity index (χ2n) is 5.15. The number of benzene rings is 1. The maximum Gasteiger partial charge on any atom is 0.262 e. The molecule has 3 aromatic rings. The van der Waals surface area contributed by atoms with Crippen LogP contribution in [0.1, 0.15) is 18.9 Å². The van der Waals surface area contributed by atoms with E-state index in [0.29, 0.717) is 22.8 Å². The molecule has 0 amide bonds. The van der Waals surface area contributed by atoms with Crippen molar-refractivity contribution in [3.05, 3.63) is 63.7 Å². The van der Waals surface area contributed by atoms with Gasteiger partial charge in [-0.15, -0.1) is 0 Å². The Morgan fingerprint density at radius 3 is 2.78 bits per heavy atom. The number of fused-ring (bicyclic) bond motifs is 1. The third-order valence-electron chi connectivity index (χ3n) is 3.43. The molecule has 0 spiro atoms. The number of halogens is 1. The Balaban J connectivity index is 1.96. The zero-order valence-corrected chi connectivity index (χ0v) is 14.3. The molecule has 2 heterocycles. The number of nitrogens with zero attached hydrogens (tertiary/aromatic N) is 3. The topological polar surface area (TPSA) is 47.8 Å². The van der Waals surface area contributed by atoms with Crippen molar-refractivity contribution in [2.75, 3.05) is 0 Å². The molecule has 0 saturated carbocycles. The molecule has 0 atom stereocenters. The molecule has 3 rings (SSSR count). The van der Waals surface area contributed by atoms with Gasteiger partial charge in [0.15, 0.2) is 5.16 Å². The maximum atomic E-state index is 12.7. The van der Waals surface area contributed by atoms with E-state index in [1.165, 1.54) is 0 Å². The number of hydrogen-bond acceptors (Lipinski definition) is 4. The molecule has 23 heavy (non-hydrogen) atoms. The lowest BCUT2D eigenvalue weighted by Crippen LogP contribution is -2.23. The Bertz CT molecular complexity index is 877. The highest BCUT2D eigenvalue weighted by Gasteiger charge is 2.11. The third kappa shape index (κ3) is 3.57. The second-order valence-corrected chi connectivity index (χ2v) is 6.48. The van der Waals surface area contributed by atoms with Crippen molar-refractivity contribution in [2.24, 2.45) is 0 Å². The van der Waals surface area contributed by atoms with Crippen LogP contribution in [0.25, 0.3) is 10.9 Å². The number of hydrogen-bond donors (Lipinski definition) is 0.